The Bertz CT molecular complexity index is 1330. The first-order chi connectivity index (χ1) is 14.8. The van der Waals surface area contributed by atoms with Crippen molar-refractivity contribution in [2.75, 3.05) is 11.1 Å². The molecule has 3 aromatic rings. The van der Waals surface area contributed by atoms with Gasteiger partial charge in [0.1, 0.15) is 5.82 Å². The number of amides is 1. The predicted octanol–water partition coefficient (Wildman–Crippen LogP) is 3.40. The molecule has 0 radical (unpaired) electrons. The van der Waals surface area contributed by atoms with E-state index < -0.39 is 27.3 Å². The second kappa shape index (κ2) is 7.88. The molecule has 0 fully saturated rings. The largest absolute Gasteiger partial charge is 0.325 e. The number of hydrogen-bond acceptors (Lipinski definition) is 5. The first-order valence-corrected chi connectivity index (χ1v) is 11.0. The Morgan fingerprint density at radius 2 is 1.42 bits per heavy atom. The lowest BCUT2D eigenvalue weighted by Gasteiger charge is -2.20. The summed E-state index contributed by atoms with van der Waals surface area (Å²) in [4.78, 5) is 38.1. The van der Waals surface area contributed by atoms with Crippen molar-refractivity contribution in [1.29, 1.82) is 0 Å². The molecule has 0 bridgehead atoms. The summed E-state index contributed by atoms with van der Waals surface area (Å²) in [6.45, 7) is 0. The standard InChI is InChI=1S/C23H16FNO5S/c24-14-8-10-15(11-9-14)31(29,30)13-12-20(26)25-19-7-3-6-18-21(19)23(28)17-5-2-1-4-16(17)22(18)27/h1-11H,12-13H2,(H,25,26). The van der Waals surface area contributed by atoms with Crippen LogP contribution in [0.25, 0.3) is 0 Å². The summed E-state index contributed by atoms with van der Waals surface area (Å²) >= 11 is 0. The van der Waals surface area contributed by atoms with Crippen molar-refractivity contribution in [3.8, 4) is 0 Å². The molecule has 1 aliphatic rings. The molecule has 0 unspecified atom stereocenters. The first-order valence-electron chi connectivity index (χ1n) is 9.37. The van der Waals surface area contributed by atoms with Crippen LogP contribution >= 0.6 is 0 Å². The van der Waals surface area contributed by atoms with Gasteiger partial charge in [0.25, 0.3) is 0 Å². The molecule has 0 heterocycles. The number of halogens is 1. The van der Waals surface area contributed by atoms with E-state index in [4.69, 9.17) is 0 Å². The minimum atomic E-state index is -3.79. The van der Waals surface area contributed by atoms with Gasteiger partial charge in [-0.3, -0.25) is 14.4 Å². The van der Waals surface area contributed by atoms with Crippen molar-refractivity contribution < 1.29 is 27.2 Å². The van der Waals surface area contributed by atoms with Gasteiger partial charge < -0.3 is 5.32 Å². The minimum absolute atomic E-state index is 0.0842. The molecule has 1 N–H and O–H groups in total. The zero-order valence-corrected chi connectivity index (χ0v) is 16.9. The highest BCUT2D eigenvalue weighted by atomic mass is 32.2. The van der Waals surface area contributed by atoms with Crippen molar-refractivity contribution in [2.24, 2.45) is 0 Å². The zero-order chi connectivity index (χ0) is 22.2. The van der Waals surface area contributed by atoms with Crippen molar-refractivity contribution >= 4 is 33.0 Å². The summed E-state index contributed by atoms with van der Waals surface area (Å²) in [6.07, 6.45) is -0.373. The Morgan fingerprint density at radius 1 is 0.806 bits per heavy atom. The van der Waals surface area contributed by atoms with Crippen molar-refractivity contribution in [2.45, 2.75) is 11.3 Å². The Balaban J connectivity index is 1.54. The monoisotopic (exact) mass is 437 g/mol. The smallest absolute Gasteiger partial charge is 0.225 e. The number of benzene rings is 3. The second-order valence-corrected chi connectivity index (χ2v) is 9.11. The van der Waals surface area contributed by atoms with Crippen LogP contribution in [0.3, 0.4) is 0 Å². The number of anilines is 1. The summed E-state index contributed by atoms with van der Waals surface area (Å²) < 4.78 is 37.7. The van der Waals surface area contributed by atoms with Crippen LogP contribution in [0.4, 0.5) is 10.1 Å². The number of sulfone groups is 1. The molecule has 0 saturated carbocycles. The van der Waals surface area contributed by atoms with Crippen LogP contribution in [0.15, 0.2) is 71.6 Å². The van der Waals surface area contributed by atoms with Crippen LogP contribution in [0.5, 0.6) is 0 Å². The van der Waals surface area contributed by atoms with Gasteiger partial charge in [0, 0.05) is 23.1 Å². The van der Waals surface area contributed by atoms with E-state index in [0.717, 1.165) is 24.3 Å². The van der Waals surface area contributed by atoms with Crippen LogP contribution in [-0.4, -0.2) is 31.6 Å². The van der Waals surface area contributed by atoms with Crippen LogP contribution in [0, 0.1) is 5.82 Å². The first kappa shape index (κ1) is 20.6. The predicted molar refractivity (Wildman–Crippen MR) is 111 cm³/mol. The molecule has 8 heteroatoms. The van der Waals surface area contributed by atoms with Gasteiger partial charge in [-0.2, -0.15) is 0 Å². The molecular formula is C23H16FNO5S. The van der Waals surface area contributed by atoms with Crippen LogP contribution in [-0.2, 0) is 14.6 Å². The average Bonchev–Trinajstić information content (AvgIpc) is 2.76. The van der Waals surface area contributed by atoms with Crippen molar-refractivity contribution in [1.82, 2.24) is 0 Å². The number of rotatable bonds is 5. The van der Waals surface area contributed by atoms with Gasteiger partial charge >= 0.3 is 0 Å². The molecule has 0 aliphatic heterocycles. The van der Waals surface area contributed by atoms with Crippen LogP contribution < -0.4 is 5.32 Å². The zero-order valence-electron chi connectivity index (χ0n) is 16.1. The topological polar surface area (TPSA) is 97.4 Å². The molecular weight excluding hydrogens is 421 g/mol. The normalized spacial score (nSPS) is 12.8. The van der Waals surface area contributed by atoms with E-state index in [-0.39, 0.29) is 45.3 Å². The molecule has 3 aromatic carbocycles. The summed E-state index contributed by atoms with van der Waals surface area (Å²) in [6, 6.07) is 15.3. The van der Waals surface area contributed by atoms with Gasteiger partial charge in [0.2, 0.25) is 5.91 Å². The summed E-state index contributed by atoms with van der Waals surface area (Å²) in [7, 11) is -3.79. The Kier molecular flexibility index (Phi) is 5.24. The molecule has 6 nitrogen and oxygen atoms in total. The van der Waals surface area contributed by atoms with Crippen molar-refractivity contribution in [3.05, 3.63) is 94.8 Å². The highest BCUT2D eigenvalue weighted by Crippen LogP contribution is 2.32. The van der Waals surface area contributed by atoms with Gasteiger partial charge in [0.05, 0.1) is 21.9 Å². The summed E-state index contributed by atoms with van der Waals surface area (Å²) in [5, 5.41) is 2.55. The van der Waals surface area contributed by atoms with Gasteiger partial charge in [-0.25, -0.2) is 12.8 Å². The fraction of sp³-hybridized carbons (Fsp3) is 0.0870. The molecule has 1 amide bonds. The molecule has 156 valence electrons. The van der Waals surface area contributed by atoms with E-state index in [1.807, 2.05) is 0 Å². The number of nitrogens with one attached hydrogen (secondary N) is 1. The van der Waals surface area contributed by atoms with E-state index in [9.17, 15) is 27.2 Å². The van der Waals surface area contributed by atoms with Gasteiger partial charge in [0.15, 0.2) is 21.4 Å². The van der Waals surface area contributed by atoms with E-state index in [2.05, 4.69) is 5.32 Å². The molecule has 1 aliphatic carbocycles. The molecule has 31 heavy (non-hydrogen) atoms. The number of carbonyl (C=O) groups excluding carboxylic acids is 3. The Hall–Kier alpha value is -3.65. The average molecular weight is 437 g/mol. The lowest BCUT2D eigenvalue weighted by molar-refractivity contribution is -0.115. The van der Waals surface area contributed by atoms with Crippen molar-refractivity contribution in [3.63, 3.8) is 0 Å². The van der Waals surface area contributed by atoms with Gasteiger partial charge in [-0.05, 0) is 30.3 Å². The van der Waals surface area contributed by atoms with E-state index in [1.54, 1.807) is 30.3 Å². The third-order valence-corrected chi connectivity index (χ3v) is 6.73. The van der Waals surface area contributed by atoms with E-state index in [0.29, 0.717) is 5.56 Å². The summed E-state index contributed by atoms with van der Waals surface area (Å²) in [5.74, 6) is -2.39. The van der Waals surface area contributed by atoms with Crippen LogP contribution in [0.1, 0.15) is 38.3 Å². The highest BCUT2D eigenvalue weighted by molar-refractivity contribution is 7.91. The molecule has 0 atom stereocenters. The number of carbonyl (C=O) groups is 3. The maximum absolute atomic E-state index is 13.0. The molecule has 0 saturated heterocycles. The van der Waals surface area contributed by atoms with E-state index >= 15 is 0 Å². The molecule has 4 rings (SSSR count). The lowest BCUT2D eigenvalue weighted by Crippen LogP contribution is -2.24. The van der Waals surface area contributed by atoms with Gasteiger partial charge in [-0.1, -0.05) is 36.4 Å². The van der Waals surface area contributed by atoms with E-state index in [1.165, 1.54) is 12.1 Å². The molecule has 0 aromatic heterocycles. The van der Waals surface area contributed by atoms with Gasteiger partial charge in [-0.15, -0.1) is 0 Å². The lowest BCUT2D eigenvalue weighted by atomic mass is 9.83. The number of hydrogen-bond donors (Lipinski definition) is 1. The van der Waals surface area contributed by atoms with Crippen LogP contribution in [0.2, 0.25) is 0 Å². The quantitative estimate of drug-likeness (QED) is 0.483. The third-order valence-electron chi connectivity index (χ3n) is 5.00. The Morgan fingerprint density at radius 3 is 2.10 bits per heavy atom. The Labute approximate surface area is 177 Å². The molecule has 0 spiro atoms. The third kappa shape index (κ3) is 3.89. The maximum Gasteiger partial charge on any atom is 0.225 e. The maximum atomic E-state index is 13.0. The highest BCUT2D eigenvalue weighted by Gasteiger charge is 2.31. The number of fused-ring (bicyclic) bond motifs is 2. The minimum Gasteiger partial charge on any atom is -0.325 e. The SMILES string of the molecule is O=C(CCS(=O)(=O)c1ccc(F)cc1)Nc1cccc2c1C(=O)c1ccccc1C2=O. The fourth-order valence-corrected chi connectivity index (χ4v) is 4.69. The second-order valence-electron chi connectivity index (χ2n) is 7.00. The fourth-order valence-electron chi connectivity index (χ4n) is 3.45. The number of ketones is 2. The summed E-state index contributed by atoms with van der Waals surface area (Å²) in [5.41, 5.74) is 0.963.